The molecule has 0 fully saturated rings. The Bertz CT molecular complexity index is 738. The fraction of sp³-hybridized carbons (Fsp3) is 0.409. The predicted octanol–water partition coefficient (Wildman–Crippen LogP) is 4.76. The molecule has 3 rings (SSSR count). The van der Waals surface area contributed by atoms with E-state index in [1.807, 2.05) is 12.1 Å². The highest BCUT2D eigenvalue weighted by molar-refractivity contribution is 5.97. The van der Waals surface area contributed by atoms with E-state index in [4.69, 9.17) is 0 Å². The lowest BCUT2D eigenvalue weighted by molar-refractivity contribution is -0.118. The number of fused-ring (bicyclic) bond motifs is 1. The van der Waals surface area contributed by atoms with E-state index in [2.05, 4.69) is 68.7 Å². The van der Waals surface area contributed by atoms with Gasteiger partial charge in [0.05, 0.1) is 0 Å². The molecule has 1 aliphatic heterocycles. The molecule has 3 heteroatoms. The maximum atomic E-state index is 13.1. The molecule has 0 aromatic heterocycles. The average molecular weight is 336 g/mol. The van der Waals surface area contributed by atoms with Crippen LogP contribution in [0.25, 0.3) is 0 Å². The summed E-state index contributed by atoms with van der Waals surface area (Å²) in [5.41, 5.74) is 5.75. The topological polar surface area (TPSA) is 41.1 Å². The highest BCUT2D eigenvalue weighted by Gasteiger charge is 2.27. The van der Waals surface area contributed by atoms with Gasteiger partial charge in [-0.15, -0.1) is 0 Å². The van der Waals surface area contributed by atoms with E-state index in [0.717, 1.165) is 24.2 Å². The van der Waals surface area contributed by atoms with Crippen molar-refractivity contribution in [3.63, 3.8) is 0 Å². The number of benzene rings is 2. The van der Waals surface area contributed by atoms with E-state index in [1.54, 1.807) is 0 Å². The fourth-order valence-corrected chi connectivity index (χ4v) is 3.63. The summed E-state index contributed by atoms with van der Waals surface area (Å²) >= 11 is 0. The normalized spacial score (nSPS) is 16.8. The monoisotopic (exact) mass is 336 g/mol. The van der Waals surface area contributed by atoms with Crippen LogP contribution in [0.5, 0.6) is 0 Å². The number of hydrogen-bond acceptors (Lipinski definition) is 2. The minimum atomic E-state index is -0.287. The van der Waals surface area contributed by atoms with Gasteiger partial charge in [0.2, 0.25) is 5.91 Å². The van der Waals surface area contributed by atoms with Crippen molar-refractivity contribution in [2.24, 2.45) is 0 Å². The third kappa shape index (κ3) is 3.62. The zero-order valence-corrected chi connectivity index (χ0v) is 15.6. The summed E-state index contributed by atoms with van der Waals surface area (Å²) < 4.78 is 0. The quantitative estimate of drug-likeness (QED) is 0.845. The molecule has 1 heterocycles. The Balaban J connectivity index is 1.94. The van der Waals surface area contributed by atoms with Crippen LogP contribution in [0.2, 0.25) is 0 Å². The van der Waals surface area contributed by atoms with Gasteiger partial charge in [-0.1, -0.05) is 70.2 Å². The van der Waals surface area contributed by atoms with Gasteiger partial charge in [0, 0.05) is 12.2 Å². The molecule has 25 heavy (non-hydrogen) atoms. The molecule has 0 saturated heterocycles. The zero-order valence-electron chi connectivity index (χ0n) is 15.6. The molecule has 1 aliphatic rings. The van der Waals surface area contributed by atoms with E-state index in [1.165, 1.54) is 16.7 Å². The van der Waals surface area contributed by atoms with E-state index >= 15 is 0 Å². The van der Waals surface area contributed by atoms with Gasteiger partial charge >= 0.3 is 0 Å². The molecule has 0 bridgehead atoms. The maximum Gasteiger partial charge on any atom is 0.246 e. The van der Waals surface area contributed by atoms with Crippen LogP contribution in [0.1, 0.15) is 67.8 Å². The molecule has 1 amide bonds. The summed E-state index contributed by atoms with van der Waals surface area (Å²) in [7, 11) is 0. The summed E-state index contributed by atoms with van der Waals surface area (Å²) in [6.07, 6.45) is 0.972. The number of para-hydroxylation sites is 1. The Labute approximate surface area is 150 Å². The molecule has 0 radical (unpaired) electrons. The second-order valence-corrected chi connectivity index (χ2v) is 7.45. The van der Waals surface area contributed by atoms with Crippen molar-refractivity contribution >= 4 is 11.6 Å². The average Bonchev–Trinajstić information content (AvgIpc) is 2.60. The molecule has 0 spiro atoms. The lowest BCUT2D eigenvalue weighted by Crippen LogP contribution is -2.38. The van der Waals surface area contributed by atoms with Gasteiger partial charge < -0.3 is 10.6 Å². The highest BCUT2D eigenvalue weighted by Crippen LogP contribution is 2.33. The minimum absolute atomic E-state index is 0.0298. The molecule has 1 atom stereocenters. The third-order valence-corrected chi connectivity index (χ3v) is 4.99. The maximum absolute atomic E-state index is 13.1. The van der Waals surface area contributed by atoms with E-state index in [-0.39, 0.29) is 11.9 Å². The molecule has 0 saturated carbocycles. The summed E-state index contributed by atoms with van der Waals surface area (Å²) in [6, 6.07) is 14.3. The van der Waals surface area contributed by atoms with Crippen LogP contribution in [0, 0.1) is 0 Å². The van der Waals surface area contributed by atoms with E-state index in [9.17, 15) is 4.79 Å². The molecule has 2 aromatic rings. The molecule has 0 aliphatic carbocycles. The van der Waals surface area contributed by atoms with Crippen molar-refractivity contribution in [3.05, 3.63) is 64.7 Å². The Hall–Kier alpha value is -2.13. The van der Waals surface area contributed by atoms with Crippen LogP contribution in [-0.2, 0) is 11.2 Å². The van der Waals surface area contributed by atoms with Crippen LogP contribution in [0.4, 0.5) is 5.69 Å². The SMILES string of the molecule is CC(C)c1cccc(C(C)C)c1NC(=O)C1NCCc2ccccc21. The molecule has 1 unspecified atom stereocenters. The molecular formula is C22H28N2O. The summed E-state index contributed by atoms with van der Waals surface area (Å²) in [5, 5.41) is 6.63. The van der Waals surface area contributed by atoms with Gasteiger partial charge in [0.25, 0.3) is 0 Å². The van der Waals surface area contributed by atoms with Crippen LogP contribution in [0.15, 0.2) is 42.5 Å². The molecule has 132 valence electrons. The van der Waals surface area contributed by atoms with Gasteiger partial charge in [-0.05, 0) is 40.5 Å². The summed E-state index contributed by atoms with van der Waals surface area (Å²) in [5.74, 6) is 0.753. The molecule has 2 aromatic carbocycles. The number of carbonyl (C=O) groups is 1. The number of nitrogens with one attached hydrogen (secondary N) is 2. The first-order valence-corrected chi connectivity index (χ1v) is 9.24. The fourth-order valence-electron chi connectivity index (χ4n) is 3.63. The van der Waals surface area contributed by atoms with Crippen molar-refractivity contribution in [2.75, 3.05) is 11.9 Å². The zero-order chi connectivity index (χ0) is 18.0. The van der Waals surface area contributed by atoms with Crippen LogP contribution < -0.4 is 10.6 Å². The largest absolute Gasteiger partial charge is 0.324 e. The number of hydrogen-bond donors (Lipinski definition) is 2. The van der Waals surface area contributed by atoms with Crippen LogP contribution in [-0.4, -0.2) is 12.5 Å². The number of amides is 1. The summed E-state index contributed by atoms with van der Waals surface area (Å²) in [6.45, 7) is 9.51. The van der Waals surface area contributed by atoms with Crippen molar-refractivity contribution in [3.8, 4) is 0 Å². The van der Waals surface area contributed by atoms with Crippen molar-refractivity contribution in [1.82, 2.24) is 5.32 Å². The standard InChI is InChI=1S/C22H28N2O/c1-14(2)17-10-7-11-18(15(3)4)20(17)24-22(25)21-19-9-6-5-8-16(19)12-13-23-21/h5-11,14-15,21,23H,12-13H2,1-4H3,(H,24,25). The van der Waals surface area contributed by atoms with Crippen LogP contribution >= 0.6 is 0 Å². The van der Waals surface area contributed by atoms with Gasteiger partial charge in [-0.3, -0.25) is 4.79 Å². The predicted molar refractivity (Wildman–Crippen MR) is 104 cm³/mol. The Morgan fingerprint density at radius 2 is 1.64 bits per heavy atom. The van der Waals surface area contributed by atoms with Crippen molar-refractivity contribution in [2.45, 2.75) is 52.0 Å². The lowest BCUT2D eigenvalue weighted by Gasteiger charge is -2.27. The third-order valence-electron chi connectivity index (χ3n) is 4.99. The van der Waals surface area contributed by atoms with Gasteiger partial charge in [0.15, 0.2) is 0 Å². The Morgan fingerprint density at radius 1 is 1.00 bits per heavy atom. The van der Waals surface area contributed by atoms with E-state index in [0.29, 0.717) is 11.8 Å². The molecule has 3 nitrogen and oxygen atoms in total. The van der Waals surface area contributed by atoms with Crippen molar-refractivity contribution < 1.29 is 4.79 Å². The number of carbonyl (C=O) groups excluding carboxylic acids is 1. The van der Waals surface area contributed by atoms with Crippen molar-refractivity contribution in [1.29, 1.82) is 0 Å². The van der Waals surface area contributed by atoms with E-state index < -0.39 is 0 Å². The van der Waals surface area contributed by atoms with Gasteiger partial charge in [-0.25, -0.2) is 0 Å². The Kier molecular flexibility index (Phi) is 5.24. The summed E-state index contributed by atoms with van der Waals surface area (Å²) in [4.78, 5) is 13.1. The lowest BCUT2D eigenvalue weighted by atomic mass is 9.91. The first-order valence-electron chi connectivity index (χ1n) is 9.24. The molecule has 2 N–H and O–H groups in total. The first-order chi connectivity index (χ1) is 12.0. The number of anilines is 1. The highest BCUT2D eigenvalue weighted by atomic mass is 16.2. The smallest absolute Gasteiger partial charge is 0.246 e. The Morgan fingerprint density at radius 3 is 2.28 bits per heavy atom. The minimum Gasteiger partial charge on any atom is -0.324 e. The van der Waals surface area contributed by atoms with Crippen LogP contribution in [0.3, 0.4) is 0 Å². The molecular weight excluding hydrogens is 308 g/mol. The number of rotatable bonds is 4. The second kappa shape index (κ2) is 7.40. The second-order valence-electron chi connectivity index (χ2n) is 7.45. The first kappa shape index (κ1) is 17.7. The van der Waals surface area contributed by atoms with Gasteiger partial charge in [0.1, 0.15) is 6.04 Å². The van der Waals surface area contributed by atoms with Gasteiger partial charge in [-0.2, -0.15) is 0 Å².